The fourth-order valence-corrected chi connectivity index (χ4v) is 1.88. The smallest absolute Gasteiger partial charge is 0.0595 e. The van der Waals surface area contributed by atoms with Gasteiger partial charge in [-0.2, -0.15) is 0 Å². The van der Waals surface area contributed by atoms with Gasteiger partial charge in [-0.15, -0.1) is 0 Å². The van der Waals surface area contributed by atoms with E-state index < -0.39 is 0 Å². The van der Waals surface area contributed by atoms with Crippen molar-refractivity contribution >= 4 is 23.2 Å². The second-order valence-electron chi connectivity index (χ2n) is 3.64. The van der Waals surface area contributed by atoms with Gasteiger partial charge in [0.15, 0.2) is 0 Å². The number of nitrogens with zero attached hydrogens (tertiary/aromatic N) is 1. The normalized spacial score (nSPS) is 10.7. The van der Waals surface area contributed by atoms with Gasteiger partial charge in [0.25, 0.3) is 0 Å². The summed E-state index contributed by atoms with van der Waals surface area (Å²) in [7, 11) is 0. The number of aromatic nitrogens is 1. The number of benzene rings is 1. The molecule has 0 atom stereocenters. The molecule has 1 aromatic carbocycles. The van der Waals surface area contributed by atoms with Gasteiger partial charge in [0.1, 0.15) is 0 Å². The fourth-order valence-electron chi connectivity index (χ4n) is 1.56. The molecule has 4 heteroatoms. The van der Waals surface area contributed by atoms with Gasteiger partial charge in [-0.05, 0) is 29.3 Å². The third kappa shape index (κ3) is 2.59. The molecule has 0 bridgehead atoms. The highest BCUT2D eigenvalue weighted by molar-refractivity contribution is 6.42. The van der Waals surface area contributed by atoms with Crippen molar-refractivity contribution in [2.75, 3.05) is 0 Å². The third-order valence-electron chi connectivity index (χ3n) is 2.40. The molecular formula is C12H12Cl2N2. The van der Waals surface area contributed by atoms with Crippen molar-refractivity contribution < 1.29 is 0 Å². The first-order valence-corrected chi connectivity index (χ1v) is 5.73. The second-order valence-corrected chi connectivity index (χ2v) is 4.46. The molecule has 0 radical (unpaired) electrons. The second kappa shape index (κ2) is 4.91. The topological polar surface area (TPSA) is 30.9 Å². The zero-order chi connectivity index (χ0) is 11.5. The average molecular weight is 255 g/mol. The number of nitrogens with two attached hydrogens (primary N) is 1. The minimum absolute atomic E-state index is 0.564. The molecule has 0 amide bonds. The Balaban J connectivity index is 2.17. The average Bonchev–Trinajstić information content (AvgIpc) is 2.71. The van der Waals surface area contributed by atoms with Crippen LogP contribution in [0.1, 0.15) is 11.1 Å². The van der Waals surface area contributed by atoms with E-state index in [1.54, 1.807) is 0 Å². The summed E-state index contributed by atoms with van der Waals surface area (Å²) in [4.78, 5) is 0. The fraction of sp³-hybridized carbons (Fsp3) is 0.167. The first-order chi connectivity index (χ1) is 7.69. The summed E-state index contributed by atoms with van der Waals surface area (Å²) in [6, 6.07) is 7.67. The van der Waals surface area contributed by atoms with Crippen LogP contribution >= 0.6 is 23.2 Å². The minimum atomic E-state index is 0.564. The van der Waals surface area contributed by atoms with E-state index in [9.17, 15) is 0 Å². The molecule has 2 rings (SSSR count). The standard InChI is InChI=1S/C12H12Cl2N2/c13-11-2-1-9(5-12(11)14)7-16-4-3-10(6-15)8-16/h1-5,8H,6-7,15H2. The van der Waals surface area contributed by atoms with Gasteiger partial charge in [0, 0.05) is 25.5 Å². The molecule has 0 aliphatic rings. The molecule has 0 saturated heterocycles. The van der Waals surface area contributed by atoms with Crippen LogP contribution in [0.4, 0.5) is 0 Å². The van der Waals surface area contributed by atoms with Crippen LogP contribution in [0.3, 0.4) is 0 Å². The van der Waals surface area contributed by atoms with Gasteiger partial charge in [-0.1, -0.05) is 29.3 Å². The van der Waals surface area contributed by atoms with Crippen LogP contribution in [-0.2, 0) is 13.1 Å². The van der Waals surface area contributed by atoms with E-state index in [2.05, 4.69) is 4.57 Å². The first kappa shape index (κ1) is 11.5. The molecule has 16 heavy (non-hydrogen) atoms. The van der Waals surface area contributed by atoms with Crippen LogP contribution in [0.25, 0.3) is 0 Å². The van der Waals surface area contributed by atoms with Crippen LogP contribution in [0, 0.1) is 0 Å². The Kier molecular flexibility index (Phi) is 3.54. The van der Waals surface area contributed by atoms with Crippen molar-refractivity contribution in [3.63, 3.8) is 0 Å². The third-order valence-corrected chi connectivity index (χ3v) is 3.14. The van der Waals surface area contributed by atoms with Gasteiger partial charge in [-0.25, -0.2) is 0 Å². The predicted octanol–water partition coefficient (Wildman–Crippen LogP) is 3.30. The summed E-state index contributed by atoms with van der Waals surface area (Å²) in [5.41, 5.74) is 7.79. The number of halogens is 2. The van der Waals surface area contributed by atoms with E-state index in [0.29, 0.717) is 16.6 Å². The highest BCUT2D eigenvalue weighted by Crippen LogP contribution is 2.23. The molecular weight excluding hydrogens is 243 g/mol. The van der Waals surface area contributed by atoms with Gasteiger partial charge in [0.2, 0.25) is 0 Å². The van der Waals surface area contributed by atoms with Crippen LogP contribution < -0.4 is 5.73 Å². The molecule has 2 N–H and O–H groups in total. The highest BCUT2D eigenvalue weighted by Gasteiger charge is 2.01. The molecule has 2 nitrogen and oxygen atoms in total. The molecule has 1 aromatic heterocycles. The van der Waals surface area contributed by atoms with Crippen LogP contribution in [0.5, 0.6) is 0 Å². The molecule has 84 valence electrons. The Hall–Kier alpha value is -0.960. The van der Waals surface area contributed by atoms with Crippen LogP contribution in [0.2, 0.25) is 10.0 Å². The summed E-state index contributed by atoms with van der Waals surface area (Å²) in [5, 5.41) is 1.17. The molecule has 0 saturated carbocycles. The molecule has 0 spiro atoms. The van der Waals surface area contributed by atoms with Gasteiger partial charge < -0.3 is 10.3 Å². The maximum absolute atomic E-state index is 5.95. The Morgan fingerprint density at radius 1 is 1.06 bits per heavy atom. The Bertz CT molecular complexity index is 492. The maximum Gasteiger partial charge on any atom is 0.0595 e. The number of hydrogen-bond acceptors (Lipinski definition) is 1. The Labute approximate surface area is 105 Å². The van der Waals surface area contributed by atoms with E-state index in [0.717, 1.165) is 17.7 Å². The van der Waals surface area contributed by atoms with Crippen molar-refractivity contribution in [3.8, 4) is 0 Å². The van der Waals surface area contributed by atoms with Crippen molar-refractivity contribution in [2.24, 2.45) is 5.73 Å². The number of hydrogen-bond donors (Lipinski definition) is 1. The lowest BCUT2D eigenvalue weighted by atomic mass is 10.2. The predicted molar refractivity (Wildman–Crippen MR) is 67.9 cm³/mol. The van der Waals surface area contributed by atoms with E-state index >= 15 is 0 Å². The van der Waals surface area contributed by atoms with Crippen LogP contribution in [0.15, 0.2) is 36.7 Å². The van der Waals surface area contributed by atoms with E-state index in [-0.39, 0.29) is 0 Å². The lowest BCUT2D eigenvalue weighted by Crippen LogP contribution is -1.98. The van der Waals surface area contributed by atoms with Crippen molar-refractivity contribution in [2.45, 2.75) is 13.1 Å². The summed E-state index contributed by atoms with van der Waals surface area (Å²) in [5.74, 6) is 0. The first-order valence-electron chi connectivity index (χ1n) is 4.97. The summed E-state index contributed by atoms with van der Waals surface area (Å²) < 4.78 is 2.07. The lowest BCUT2D eigenvalue weighted by Gasteiger charge is -2.04. The molecule has 0 fully saturated rings. The Morgan fingerprint density at radius 3 is 2.50 bits per heavy atom. The van der Waals surface area contributed by atoms with Crippen molar-refractivity contribution in [3.05, 3.63) is 57.8 Å². The largest absolute Gasteiger partial charge is 0.350 e. The van der Waals surface area contributed by atoms with E-state index in [4.69, 9.17) is 28.9 Å². The monoisotopic (exact) mass is 254 g/mol. The molecule has 2 aromatic rings. The SMILES string of the molecule is NCc1ccn(Cc2ccc(Cl)c(Cl)c2)c1. The molecule has 0 aliphatic heterocycles. The molecule has 0 aliphatic carbocycles. The molecule has 1 heterocycles. The van der Waals surface area contributed by atoms with Gasteiger partial charge in [0.05, 0.1) is 10.0 Å². The van der Waals surface area contributed by atoms with Gasteiger partial charge >= 0.3 is 0 Å². The summed E-state index contributed by atoms with van der Waals surface area (Å²) >= 11 is 11.8. The molecule has 0 unspecified atom stereocenters. The maximum atomic E-state index is 5.95. The van der Waals surface area contributed by atoms with Crippen LogP contribution in [-0.4, -0.2) is 4.57 Å². The quantitative estimate of drug-likeness (QED) is 0.896. The minimum Gasteiger partial charge on any atom is -0.350 e. The lowest BCUT2D eigenvalue weighted by molar-refractivity contribution is 0.801. The van der Waals surface area contributed by atoms with E-state index in [1.807, 2.05) is 36.7 Å². The zero-order valence-electron chi connectivity index (χ0n) is 8.66. The summed E-state index contributed by atoms with van der Waals surface area (Å²) in [6.07, 6.45) is 4.03. The number of rotatable bonds is 3. The zero-order valence-corrected chi connectivity index (χ0v) is 10.2. The Morgan fingerprint density at radius 2 is 1.88 bits per heavy atom. The van der Waals surface area contributed by atoms with Crippen molar-refractivity contribution in [1.29, 1.82) is 0 Å². The van der Waals surface area contributed by atoms with Crippen molar-refractivity contribution in [1.82, 2.24) is 4.57 Å². The highest BCUT2D eigenvalue weighted by atomic mass is 35.5. The summed E-state index contributed by atoms with van der Waals surface area (Å²) in [6.45, 7) is 1.34. The van der Waals surface area contributed by atoms with E-state index in [1.165, 1.54) is 0 Å². The van der Waals surface area contributed by atoms with Gasteiger partial charge in [-0.3, -0.25) is 0 Å².